The quantitative estimate of drug-likeness (QED) is 0.541. The summed E-state index contributed by atoms with van der Waals surface area (Å²) in [6.45, 7) is 1.43. The van der Waals surface area contributed by atoms with Gasteiger partial charge in [0.2, 0.25) is 0 Å². The maximum absolute atomic E-state index is 13.6. The minimum atomic E-state index is -4.83. The molecule has 7 nitrogen and oxygen atoms in total. The molecule has 0 aliphatic rings. The van der Waals surface area contributed by atoms with Gasteiger partial charge in [-0.25, -0.2) is 9.48 Å². The molecular weight excluding hydrogens is 469 g/mol. The molecule has 30 heavy (non-hydrogen) atoms. The molecule has 1 N–H and O–H groups in total. The summed E-state index contributed by atoms with van der Waals surface area (Å²) in [5, 5.41) is 6.32. The summed E-state index contributed by atoms with van der Waals surface area (Å²) in [6.07, 6.45) is -1.11. The molecule has 1 amide bonds. The number of esters is 1. The number of hydrogen-bond donors (Lipinski definition) is 1. The second-order valence-corrected chi connectivity index (χ2v) is 6.85. The number of benzene rings is 1. The second-order valence-electron chi connectivity index (χ2n) is 5.93. The molecule has 0 radical (unpaired) electrons. The largest absolute Gasteiger partial charge is 0.462 e. The molecule has 0 bridgehead atoms. The van der Waals surface area contributed by atoms with Gasteiger partial charge in [-0.3, -0.25) is 9.78 Å². The average molecular weight is 483 g/mol. The number of ether oxygens (including phenoxy) is 1. The highest BCUT2D eigenvalue weighted by molar-refractivity contribution is 9.10. The molecule has 2 heterocycles. The fraction of sp³-hybridized carbons (Fsp3) is 0.158. The standard InChI is InChI=1S/C19H14BrF3N4O3/c1-2-30-18(29)15-10-25-27(16(15)19(21,22)23)14-5-3-13(4-6-14)26-17(28)11-7-12(20)9-24-8-11/h3-10H,2H2,1H3,(H,26,28). The SMILES string of the molecule is CCOC(=O)c1cnn(-c2ccc(NC(=O)c3cncc(Br)c3)cc2)c1C(F)(F)F. The number of pyridine rings is 1. The Morgan fingerprint density at radius 1 is 1.17 bits per heavy atom. The van der Waals surface area contributed by atoms with Crippen LogP contribution in [0.5, 0.6) is 0 Å². The van der Waals surface area contributed by atoms with Crippen LogP contribution >= 0.6 is 15.9 Å². The van der Waals surface area contributed by atoms with Gasteiger partial charge in [-0.1, -0.05) is 0 Å². The maximum Gasteiger partial charge on any atom is 0.434 e. The van der Waals surface area contributed by atoms with Gasteiger partial charge in [0.15, 0.2) is 5.69 Å². The van der Waals surface area contributed by atoms with Crippen LogP contribution < -0.4 is 5.32 Å². The highest BCUT2D eigenvalue weighted by atomic mass is 79.9. The topological polar surface area (TPSA) is 86.1 Å². The summed E-state index contributed by atoms with van der Waals surface area (Å²) in [5.41, 5.74) is -1.20. The average Bonchev–Trinajstić information content (AvgIpc) is 3.14. The van der Waals surface area contributed by atoms with Gasteiger partial charge in [0, 0.05) is 22.6 Å². The zero-order chi connectivity index (χ0) is 21.9. The first-order valence-corrected chi connectivity index (χ1v) is 9.34. The van der Waals surface area contributed by atoms with Gasteiger partial charge in [-0.15, -0.1) is 0 Å². The summed E-state index contributed by atoms with van der Waals surface area (Å²) >= 11 is 3.22. The lowest BCUT2D eigenvalue weighted by Crippen LogP contribution is -2.18. The lowest BCUT2D eigenvalue weighted by Gasteiger charge is -2.13. The van der Waals surface area contributed by atoms with E-state index >= 15 is 0 Å². The van der Waals surface area contributed by atoms with Crippen LogP contribution in [0.1, 0.15) is 33.3 Å². The Kier molecular flexibility index (Phi) is 6.20. The van der Waals surface area contributed by atoms with Crippen molar-refractivity contribution >= 4 is 33.5 Å². The van der Waals surface area contributed by atoms with Crippen LogP contribution in [0.3, 0.4) is 0 Å². The number of nitrogens with zero attached hydrogens (tertiary/aromatic N) is 3. The van der Waals surface area contributed by atoms with Crippen LogP contribution in [0.4, 0.5) is 18.9 Å². The van der Waals surface area contributed by atoms with Gasteiger partial charge >= 0.3 is 12.1 Å². The van der Waals surface area contributed by atoms with E-state index < -0.39 is 29.3 Å². The molecule has 0 spiro atoms. The summed E-state index contributed by atoms with van der Waals surface area (Å²) in [7, 11) is 0. The first-order chi connectivity index (χ1) is 14.2. The van der Waals surface area contributed by atoms with Crippen molar-refractivity contribution in [1.82, 2.24) is 14.8 Å². The van der Waals surface area contributed by atoms with E-state index in [9.17, 15) is 22.8 Å². The predicted octanol–water partition coefficient (Wildman–Crippen LogP) is 4.48. The zero-order valence-corrected chi connectivity index (χ0v) is 17.0. The number of rotatable bonds is 5. The van der Waals surface area contributed by atoms with E-state index in [1.807, 2.05) is 0 Å². The Bertz CT molecular complexity index is 1080. The predicted molar refractivity (Wildman–Crippen MR) is 104 cm³/mol. The number of carbonyl (C=O) groups is 2. The van der Waals surface area contributed by atoms with E-state index in [0.29, 0.717) is 20.4 Å². The molecule has 156 valence electrons. The molecule has 11 heteroatoms. The number of alkyl halides is 3. The molecule has 3 rings (SSSR count). The fourth-order valence-corrected chi connectivity index (χ4v) is 2.97. The highest BCUT2D eigenvalue weighted by Crippen LogP contribution is 2.34. The maximum atomic E-state index is 13.6. The number of anilines is 1. The van der Waals surface area contributed by atoms with Crippen molar-refractivity contribution in [2.45, 2.75) is 13.1 Å². The number of carbonyl (C=O) groups excluding carboxylic acids is 2. The van der Waals surface area contributed by atoms with Crippen LogP contribution in [0.2, 0.25) is 0 Å². The van der Waals surface area contributed by atoms with Crippen LogP contribution in [0.25, 0.3) is 5.69 Å². The van der Waals surface area contributed by atoms with Gasteiger partial charge in [0.25, 0.3) is 5.91 Å². The molecule has 0 saturated carbocycles. The van der Waals surface area contributed by atoms with Gasteiger partial charge in [0.1, 0.15) is 5.56 Å². The van der Waals surface area contributed by atoms with Gasteiger partial charge < -0.3 is 10.1 Å². The molecule has 0 saturated heterocycles. The van der Waals surface area contributed by atoms with E-state index in [1.165, 1.54) is 43.6 Å². The van der Waals surface area contributed by atoms with Gasteiger partial charge in [-0.05, 0) is 53.2 Å². The van der Waals surface area contributed by atoms with E-state index in [1.54, 1.807) is 6.07 Å². The Labute approximate surface area is 177 Å². The highest BCUT2D eigenvalue weighted by Gasteiger charge is 2.41. The Hall–Kier alpha value is -3.21. The first kappa shape index (κ1) is 21.5. The van der Waals surface area contributed by atoms with Crippen molar-refractivity contribution in [3.05, 3.63) is 70.2 Å². The van der Waals surface area contributed by atoms with Crippen molar-refractivity contribution in [3.63, 3.8) is 0 Å². The van der Waals surface area contributed by atoms with Crippen molar-refractivity contribution in [3.8, 4) is 5.69 Å². The van der Waals surface area contributed by atoms with E-state index in [4.69, 9.17) is 0 Å². The lowest BCUT2D eigenvalue weighted by atomic mass is 10.2. The molecule has 0 aliphatic carbocycles. The Morgan fingerprint density at radius 3 is 2.47 bits per heavy atom. The third-order valence-electron chi connectivity index (χ3n) is 3.87. The normalized spacial score (nSPS) is 11.2. The van der Waals surface area contributed by atoms with Gasteiger partial charge in [0.05, 0.1) is 24.1 Å². The number of halogens is 4. The van der Waals surface area contributed by atoms with Crippen LogP contribution in [0, 0.1) is 0 Å². The smallest absolute Gasteiger partial charge is 0.434 e. The molecule has 0 aliphatic heterocycles. The van der Waals surface area contributed by atoms with Crippen LogP contribution in [0.15, 0.2) is 53.4 Å². The monoisotopic (exact) mass is 482 g/mol. The summed E-state index contributed by atoms with van der Waals surface area (Å²) < 4.78 is 46.6. The molecule has 0 unspecified atom stereocenters. The molecular formula is C19H14BrF3N4O3. The van der Waals surface area contributed by atoms with Crippen LogP contribution in [-0.2, 0) is 10.9 Å². The van der Waals surface area contributed by atoms with Crippen molar-refractivity contribution in [1.29, 1.82) is 0 Å². The molecule has 2 aromatic heterocycles. The number of hydrogen-bond acceptors (Lipinski definition) is 5. The number of nitrogens with one attached hydrogen (secondary N) is 1. The summed E-state index contributed by atoms with van der Waals surface area (Å²) in [5.74, 6) is -1.54. The van der Waals surface area contributed by atoms with E-state index in [0.717, 1.165) is 6.20 Å². The van der Waals surface area contributed by atoms with Crippen LogP contribution in [-0.4, -0.2) is 33.2 Å². The summed E-state index contributed by atoms with van der Waals surface area (Å²) in [4.78, 5) is 28.0. The second kappa shape index (κ2) is 8.66. The summed E-state index contributed by atoms with van der Waals surface area (Å²) in [6, 6.07) is 7.10. The molecule has 0 atom stereocenters. The Morgan fingerprint density at radius 2 is 1.87 bits per heavy atom. The van der Waals surface area contributed by atoms with Crippen molar-refractivity contribution < 1.29 is 27.5 Å². The minimum Gasteiger partial charge on any atom is -0.462 e. The number of aromatic nitrogens is 3. The fourth-order valence-electron chi connectivity index (χ4n) is 2.60. The third-order valence-corrected chi connectivity index (χ3v) is 4.30. The van der Waals surface area contributed by atoms with Crippen molar-refractivity contribution in [2.75, 3.05) is 11.9 Å². The molecule has 1 aromatic carbocycles. The molecule has 0 fully saturated rings. The minimum absolute atomic E-state index is 0.0556. The molecule has 3 aromatic rings. The lowest BCUT2D eigenvalue weighted by molar-refractivity contribution is -0.143. The third kappa shape index (κ3) is 4.67. The zero-order valence-electron chi connectivity index (χ0n) is 15.4. The first-order valence-electron chi connectivity index (χ1n) is 8.55. The van der Waals surface area contributed by atoms with Gasteiger partial charge in [-0.2, -0.15) is 18.3 Å². The van der Waals surface area contributed by atoms with E-state index in [-0.39, 0.29) is 12.3 Å². The number of amides is 1. The Balaban J connectivity index is 1.87. The van der Waals surface area contributed by atoms with Crippen molar-refractivity contribution in [2.24, 2.45) is 0 Å². The van der Waals surface area contributed by atoms with E-state index in [2.05, 4.69) is 36.1 Å².